The molecule has 0 spiro atoms. The molecule has 8 heteroatoms. The van der Waals surface area contributed by atoms with Crippen LogP contribution >= 0.6 is 11.3 Å². The summed E-state index contributed by atoms with van der Waals surface area (Å²) in [4.78, 5) is 30.3. The van der Waals surface area contributed by atoms with Crippen LogP contribution in [-0.2, 0) is 28.9 Å². The molecule has 2 aliphatic heterocycles. The zero-order chi connectivity index (χ0) is 20.1. The van der Waals surface area contributed by atoms with Gasteiger partial charge in [-0.1, -0.05) is 0 Å². The van der Waals surface area contributed by atoms with Crippen LogP contribution in [0.3, 0.4) is 0 Å². The first-order chi connectivity index (χ1) is 14.8. The minimum Gasteiger partial charge on any atom is -0.379 e. The first-order valence-electron chi connectivity index (χ1n) is 11.4. The highest BCUT2D eigenvalue weighted by molar-refractivity contribution is 7.19. The molecular formula is C22H29N5O2S. The summed E-state index contributed by atoms with van der Waals surface area (Å²) in [5, 5.41) is 4.45. The largest absolute Gasteiger partial charge is 0.379 e. The maximum atomic E-state index is 13.0. The van der Waals surface area contributed by atoms with Crippen molar-refractivity contribution >= 4 is 33.3 Å². The van der Waals surface area contributed by atoms with Crippen molar-refractivity contribution in [3.05, 3.63) is 16.3 Å². The summed E-state index contributed by atoms with van der Waals surface area (Å²) in [6, 6.07) is 0.296. The highest BCUT2D eigenvalue weighted by Gasteiger charge is 2.37. The predicted molar refractivity (Wildman–Crippen MR) is 117 cm³/mol. The van der Waals surface area contributed by atoms with Gasteiger partial charge in [-0.2, -0.15) is 0 Å². The lowest BCUT2D eigenvalue weighted by Gasteiger charge is -2.28. The van der Waals surface area contributed by atoms with Gasteiger partial charge in [-0.05, 0) is 50.5 Å². The number of anilines is 1. The van der Waals surface area contributed by atoms with Gasteiger partial charge in [-0.3, -0.25) is 9.69 Å². The molecule has 1 N–H and O–H groups in total. The van der Waals surface area contributed by atoms with E-state index < -0.39 is 0 Å². The van der Waals surface area contributed by atoms with E-state index in [1.165, 1.54) is 22.2 Å². The number of ether oxygens (including phenoxy) is 1. The Morgan fingerprint density at radius 3 is 2.80 bits per heavy atom. The van der Waals surface area contributed by atoms with Gasteiger partial charge in [0.2, 0.25) is 5.91 Å². The molecule has 1 saturated carbocycles. The molecule has 0 radical (unpaired) electrons. The van der Waals surface area contributed by atoms with Gasteiger partial charge in [-0.15, -0.1) is 11.3 Å². The number of amides is 1. The quantitative estimate of drug-likeness (QED) is 0.789. The average molecular weight is 428 g/mol. The third-order valence-corrected chi connectivity index (χ3v) is 8.00. The number of rotatable bonds is 5. The molecule has 160 valence electrons. The number of carbonyl (C=O) groups is 1. The lowest BCUT2D eigenvalue weighted by molar-refractivity contribution is -0.122. The maximum Gasteiger partial charge on any atom is 0.242 e. The van der Waals surface area contributed by atoms with Gasteiger partial charge in [0.05, 0.1) is 25.1 Å². The predicted octanol–water partition coefficient (Wildman–Crippen LogP) is 2.26. The summed E-state index contributed by atoms with van der Waals surface area (Å²) in [6.07, 6.45) is 7.68. The van der Waals surface area contributed by atoms with E-state index in [9.17, 15) is 4.79 Å². The van der Waals surface area contributed by atoms with Crippen LogP contribution in [0.2, 0.25) is 0 Å². The zero-order valence-electron chi connectivity index (χ0n) is 17.4. The Morgan fingerprint density at radius 2 is 1.97 bits per heavy atom. The van der Waals surface area contributed by atoms with Crippen LogP contribution < -0.4 is 10.2 Å². The molecule has 2 aromatic rings. The molecule has 3 fully saturated rings. The second-order valence-corrected chi connectivity index (χ2v) is 10.1. The van der Waals surface area contributed by atoms with E-state index in [1.54, 1.807) is 0 Å². The first kappa shape index (κ1) is 19.0. The molecule has 30 heavy (non-hydrogen) atoms. The van der Waals surface area contributed by atoms with Crippen LogP contribution in [0.25, 0.3) is 10.2 Å². The molecule has 2 aliphatic carbocycles. The third kappa shape index (κ3) is 3.48. The van der Waals surface area contributed by atoms with E-state index in [0.717, 1.165) is 94.4 Å². The van der Waals surface area contributed by atoms with Gasteiger partial charge < -0.3 is 15.0 Å². The summed E-state index contributed by atoms with van der Waals surface area (Å²) in [6.45, 7) is 5.05. The first-order valence-corrected chi connectivity index (χ1v) is 12.3. The highest BCUT2D eigenvalue weighted by atomic mass is 32.1. The van der Waals surface area contributed by atoms with Crippen LogP contribution in [-0.4, -0.2) is 65.7 Å². The Bertz CT molecular complexity index is 966. The van der Waals surface area contributed by atoms with E-state index in [0.29, 0.717) is 6.04 Å². The highest BCUT2D eigenvalue weighted by Crippen LogP contribution is 2.42. The van der Waals surface area contributed by atoms with Crippen molar-refractivity contribution < 1.29 is 9.53 Å². The van der Waals surface area contributed by atoms with Crippen molar-refractivity contribution in [3.8, 4) is 0 Å². The number of aromatic nitrogens is 2. The lowest BCUT2D eigenvalue weighted by Crippen LogP contribution is -2.44. The number of nitrogens with one attached hydrogen (secondary N) is 1. The van der Waals surface area contributed by atoms with Crippen LogP contribution in [0.4, 0.5) is 5.82 Å². The number of thiophene rings is 1. The lowest BCUT2D eigenvalue weighted by atomic mass is 10.1. The Balaban J connectivity index is 1.38. The standard InChI is InChI=1S/C22H29N5O2S/c28-21(23-14-6-7-14)16-4-2-8-27(16)20-19-15-3-1-5-17(15)30-22(19)25-18(24-20)13-26-9-11-29-12-10-26/h14,16H,1-13H2,(H,23,28). The van der Waals surface area contributed by atoms with Gasteiger partial charge in [0, 0.05) is 30.6 Å². The minimum absolute atomic E-state index is 0.100. The fourth-order valence-electron chi connectivity index (χ4n) is 5.08. The van der Waals surface area contributed by atoms with Crippen LogP contribution in [0.1, 0.15) is 48.4 Å². The van der Waals surface area contributed by atoms with Crippen LogP contribution in [0.5, 0.6) is 0 Å². The van der Waals surface area contributed by atoms with E-state index in [-0.39, 0.29) is 11.9 Å². The number of fused-ring (bicyclic) bond motifs is 3. The van der Waals surface area contributed by atoms with Gasteiger partial charge in [0.1, 0.15) is 22.5 Å². The molecule has 7 nitrogen and oxygen atoms in total. The van der Waals surface area contributed by atoms with Crippen molar-refractivity contribution in [2.45, 2.75) is 63.6 Å². The van der Waals surface area contributed by atoms with Crippen molar-refractivity contribution in [1.82, 2.24) is 20.2 Å². The number of morpholine rings is 1. The summed E-state index contributed by atoms with van der Waals surface area (Å²) in [7, 11) is 0. The van der Waals surface area contributed by atoms with Crippen molar-refractivity contribution in [2.75, 3.05) is 37.7 Å². The Hall–Kier alpha value is -1.77. The van der Waals surface area contributed by atoms with Crippen molar-refractivity contribution in [2.24, 2.45) is 0 Å². The normalized spacial score (nSPS) is 24.5. The van der Waals surface area contributed by atoms with Crippen molar-refractivity contribution in [3.63, 3.8) is 0 Å². The Kier molecular flexibility index (Phi) is 4.88. The number of nitrogens with zero attached hydrogens (tertiary/aromatic N) is 4. The van der Waals surface area contributed by atoms with Gasteiger partial charge in [-0.25, -0.2) is 9.97 Å². The monoisotopic (exact) mass is 427 g/mol. The molecule has 6 rings (SSSR count). The summed E-state index contributed by atoms with van der Waals surface area (Å²) >= 11 is 1.84. The second-order valence-electron chi connectivity index (χ2n) is 9.02. The minimum atomic E-state index is -0.100. The molecular weight excluding hydrogens is 398 g/mol. The number of hydrogen-bond acceptors (Lipinski definition) is 7. The maximum absolute atomic E-state index is 13.0. The Labute approximate surface area is 180 Å². The molecule has 4 aliphatic rings. The molecule has 1 unspecified atom stereocenters. The molecule has 4 heterocycles. The van der Waals surface area contributed by atoms with Gasteiger partial charge in [0.15, 0.2) is 0 Å². The summed E-state index contributed by atoms with van der Waals surface area (Å²) in [5.41, 5.74) is 1.44. The average Bonchev–Trinajstić information content (AvgIpc) is 3.15. The number of carbonyl (C=O) groups excluding carboxylic acids is 1. The Morgan fingerprint density at radius 1 is 1.10 bits per heavy atom. The van der Waals surface area contributed by atoms with Crippen molar-refractivity contribution in [1.29, 1.82) is 0 Å². The molecule has 0 aromatic carbocycles. The van der Waals surface area contributed by atoms with Crippen LogP contribution in [0, 0.1) is 0 Å². The number of aryl methyl sites for hydroxylation is 2. The third-order valence-electron chi connectivity index (χ3n) is 6.81. The number of hydrogen-bond donors (Lipinski definition) is 1. The molecule has 2 saturated heterocycles. The van der Waals surface area contributed by atoms with E-state index >= 15 is 0 Å². The topological polar surface area (TPSA) is 70.6 Å². The van der Waals surface area contributed by atoms with Gasteiger partial charge >= 0.3 is 0 Å². The second kappa shape index (κ2) is 7.73. The SMILES string of the molecule is O=C(NC1CC1)C1CCCN1c1nc(CN2CCOCC2)nc2sc3c(c12)CCC3. The molecule has 0 bridgehead atoms. The molecule has 1 amide bonds. The zero-order valence-corrected chi connectivity index (χ0v) is 18.2. The van der Waals surface area contributed by atoms with E-state index in [2.05, 4.69) is 15.1 Å². The fourth-order valence-corrected chi connectivity index (χ4v) is 6.35. The summed E-state index contributed by atoms with van der Waals surface area (Å²) in [5.74, 6) is 2.08. The van der Waals surface area contributed by atoms with Crippen LogP contribution in [0.15, 0.2) is 0 Å². The van der Waals surface area contributed by atoms with Gasteiger partial charge in [0.25, 0.3) is 0 Å². The molecule has 1 atom stereocenters. The molecule has 2 aromatic heterocycles. The smallest absolute Gasteiger partial charge is 0.242 e. The summed E-state index contributed by atoms with van der Waals surface area (Å²) < 4.78 is 5.50. The van der Waals surface area contributed by atoms with E-state index in [1.807, 2.05) is 11.3 Å². The van der Waals surface area contributed by atoms with E-state index in [4.69, 9.17) is 14.7 Å². The fraction of sp³-hybridized carbons (Fsp3) is 0.682.